The molecule has 146 valence electrons. The second-order valence-electron chi connectivity index (χ2n) is 7.51. The Balaban J connectivity index is 0.00000312. The molecular formula is C19H37IN4O. The van der Waals surface area contributed by atoms with Crippen molar-refractivity contribution in [3.05, 3.63) is 0 Å². The fraction of sp³-hybridized carbons (Fsp3) is 0.895. The van der Waals surface area contributed by atoms with E-state index in [1.807, 2.05) is 7.05 Å². The minimum absolute atomic E-state index is 0. The van der Waals surface area contributed by atoms with Crippen LogP contribution in [0.4, 0.5) is 0 Å². The van der Waals surface area contributed by atoms with Gasteiger partial charge in [0.05, 0.1) is 0 Å². The Morgan fingerprint density at radius 2 is 1.72 bits per heavy atom. The molecule has 6 heteroatoms. The Hall–Kier alpha value is -0.530. The number of carbonyl (C=O) groups excluding carboxylic acids is 1. The van der Waals surface area contributed by atoms with Crippen LogP contribution < -0.4 is 10.6 Å². The summed E-state index contributed by atoms with van der Waals surface area (Å²) in [5.41, 5.74) is 0.505. The molecule has 0 atom stereocenters. The van der Waals surface area contributed by atoms with E-state index in [1.165, 1.54) is 51.4 Å². The van der Waals surface area contributed by atoms with Gasteiger partial charge in [-0.15, -0.1) is 24.0 Å². The zero-order valence-electron chi connectivity index (χ0n) is 16.1. The van der Waals surface area contributed by atoms with Gasteiger partial charge in [0.25, 0.3) is 0 Å². The van der Waals surface area contributed by atoms with Crippen LogP contribution in [0.3, 0.4) is 0 Å². The summed E-state index contributed by atoms with van der Waals surface area (Å²) in [6.07, 6.45) is 12.5. The van der Waals surface area contributed by atoms with Crippen molar-refractivity contribution in [3.8, 4) is 0 Å². The molecule has 2 N–H and O–H groups in total. The predicted molar refractivity (Wildman–Crippen MR) is 116 cm³/mol. The molecule has 2 aliphatic rings. The molecule has 0 aromatic rings. The number of nitrogens with zero attached hydrogens (tertiary/aromatic N) is 2. The van der Waals surface area contributed by atoms with Gasteiger partial charge in [-0.05, 0) is 37.5 Å². The molecule has 1 amide bonds. The highest BCUT2D eigenvalue weighted by molar-refractivity contribution is 14.0. The van der Waals surface area contributed by atoms with Gasteiger partial charge in [-0.3, -0.25) is 9.79 Å². The maximum Gasteiger partial charge on any atom is 0.221 e. The second-order valence-corrected chi connectivity index (χ2v) is 7.51. The Kier molecular flexibility index (Phi) is 10.8. The van der Waals surface area contributed by atoms with Crippen LogP contribution in [-0.4, -0.2) is 50.0 Å². The summed E-state index contributed by atoms with van der Waals surface area (Å²) < 4.78 is 0. The van der Waals surface area contributed by atoms with Crippen LogP contribution in [0.2, 0.25) is 0 Å². The molecule has 2 rings (SSSR count). The highest BCUT2D eigenvalue weighted by atomic mass is 127. The minimum Gasteiger partial charge on any atom is -0.356 e. The van der Waals surface area contributed by atoms with Crippen LogP contribution >= 0.6 is 24.0 Å². The number of piperidine rings is 1. The molecule has 0 radical (unpaired) electrons. The molecule has 2 fully saturated rings. The number of likely N-dealkylation sites (tertiary alicyclic amines) is 1. The smallest absolute Gasteiger partial charge is 0.221 e. The number of carbonyl (C=O) groups is 1. The van der Waals surface area contributed by atoms with E-state index in [1.54, 1.807) is 0 Å². The summed E-state index contributed by atoms with van der Waals surface area (Å²) >= 11 is 0. The lowest BCUT2D eigenvalue weighted by Crippen LogP contribution is -2.51. The van der Waals surface area contributed by atoms with Crippen molar-refractivity contribution >= 4 is 35.8 Å². The lowest BCUT2D eigenvalue weighted by molar-refractivity contribution is -0.120. The number of halogens is 1. The molecule has 25 heavy (non-hydrogen) atoms. The van der Waals surface area contributed by atoms with Crippen LogP contribution in [0.1, 0.15) is 71.1 Å². The highest BCUT2D eigenvalue weighted by Gasteiger charge is 2.36. The van der Waals surface area contributed by atoms with Gasteiger partial charge in [0.1, 0.15) is 0 Å². The first-order valence-electron chi connectivity index (χ1n) is 9.91. The van der Waals surface area contributed by atoms with Crippen LogP contribution in [-0.2, 0) is 4.79 Å². The molecule has 1 aliphatic heterocycles. The number of guanidine groups is 1. The van der Waals surface area contributed by atoms with E-state index in [9.17, 15) is 4.79 Å². The van der Waals surface area contributed by atoms with E-state index in [-0.39, 0.29) is 29.9 Å². The lowest BCUT2D eigenvalue weighted by Gasteiger charge is -2.44. The second kappa shape index (κ2) is 12.0. The zero-order valence-corrected chi connectivity index (χ0v) is 18.4. The fourth-order valence-electron chi connectivity index (χ4n) is 4.25. The number of nitrogens with one attached hydrogen (secondary N) is 2. The van der Waals surface area contributed by atoms with Crippen molar-refractivity contribution in [3.63, 3.8) is 0 Å². The lowest BCUT2D eigenvalue weighted by atomic mass is 9.74. The van der Waals surface area contributed by atoms with E-state index in [4.69, 9.17) is 0 Å². The quantitative estimate of drug-likeness (QED) is 0.372. The number of rotatable bonds is 5. The van der Waals surface area contributed by atoms with Crippen molar-refractivity contribution < 1.29 is 4.79 Å². The summed E-state index contributed by atoms with van der Waals surface area (Å²) in [6.45, 7) is 5.71. The van der Waals surface area contributed by atoms with Gasteiger partial charge < -0.3 is 15.5 Å². The van der Waals surface area contributed by atoms with Crippen molar-refractivity contribution in [1.82, 2.24) is 15.5 Å². The summed E-state index contributed by atoms with van der Waals surface area (Å²) in [5.74, 6) is 1.10. The summed E-state index contributed by atoms with van der Waals surface area (Å²) in [4.78, 5) is 18.6. The van der Waals surface area contributed by atoms with Crippen molar-refractivity contribution in [1.29, 1.82) is 0 Å². The molecule has 1 aliphatic carbocycles. The SMILES string of the molecule is CCCNC(=O)CCNC(=NC)N1CCCC2(CCCCCC2)C1.I. The summed E-state index contributed by atoms with van der Waals surface area (Å²) in [6, 6.07) is 0. The third-order valence-electron chi connectivity index (χ3n) is 5.54. The van der Waals surface area contributed by atoms with E-state index < -0.39 is 0 Å². The molecule has 0 aromatic heterocycles. The van der Waals surface area contributed by atoms with E-state index in [0.29, 0.717) is 18.4 Å². The predicted octanol–water partition coefficient (Wildman–Crippen LogP) is 3.53. The van der Waals surface area contributed by atoms with Crippen LogP contribution in [0, 0.1) is 5.41 Å². The molecule has 0 bridgehead atoms. The van der Waals surface area contributed by atoms with Crippen molar-refractivity contribution in [2.45, 2.75) is 71.1 Å². The number of amides is 1. The van der Waals surface area contributed by atoms with E-state index in [0.717, 1.165) is 32.0 Å². The van der Waals surface area contributed by atoms with Gasteiger partial charge in [-0.2, -0.15) is 0 Å². The molecule has 5 nitrogen and oxygen atoms in total. The van der Waals surface area contributed by atoms with Gasteiger partial charge in [-0.1, -0.05) is 32.6 Å². The summed E-state index contributed by atoms with van der Waals surface area (Å²) in [7, 11) is 1.86. The van der Waals surface area contributed by atoms with Gasteiger partial charge in [0.2, 0.25) is 5.91 Å². The Morgan fingerprint density at radius 3 is 2.36 bits per heavy atom. The fourth-order valence-corrected chi connectivity index (χ4v) is 4.25. The van der Waals surface area contributed by atoms with E-state index >= 15 is 0 Å². The van der Waals surface area contributed by atoms with Gasteiger partial charge in [0, 0.05) is 39.6 Å². The van der Waals surface area contributed by atoms with Gasteiger partial charge in [0.15, 0.2) is 5.96 Å². The Morgan fingerprint density at radius 1 is 1.04 bits per heavy atom. The first kappa shape index (κ1) is 22.5. The molecule has 1 heterocycles. The van der Waals surface area contributed by atoms with E-state index in [2.05, 4.69) is 27.4 Å². The maximum absolute atomic E-state index is 11.7. The highest BCUT2D eigenvalue weighted by Crippen LogP contribution is 2.42. The Labute approximate surface area is 170 Å². The topological polar surface area (TPSA) is 56.7 Å². The summed E-state index contributed by atoms with van der Waals surface area (Å²) in [5, 5.41) is 6.32. The van der Waals surface area contributed by atoms with Crippen LogP contribution in [0.5, 0.6) is 0 Å². The third kappa shape index (κ3) is 7.31. The van der Waals surface area contributed by atoms with Crippen LogP contribution in [0.15, 0.2) is 4.99 Å². The number of aliphatic imine (C=N–C) groups is 1. The Bertz CT molecular complexity index is 420. The molecular weight excluding hydrogens is 427 g/mol. The van der Waals surface area contributed by atoms with Gasteiger partial charge in [-0.25, -0.2) is 0 Å². The minimum atomic E-state index is 0. The number of hydrogen-bond donors (Lipinski definition) is 2. The van der Waals surface area contributed by atoms with Crippen LogP contribution in [0.25, 0.3) is 0 Å². The van der Waals surface area contributed by atoms with Crippen molar-refractivity contribution in [2.24, 2.45) is 10.4 Å². The average molecular weight is 464 g/mol. The molecule has 1 saturated heterocycles. The normalized spacial score (nSPS) is 20.6. The molecule has 0 aromatic carbocycles. The molecule has 0 unspecified atom stereocenters. The standard InChI is InChI=1S/C19H36N4O.HI/c1-3-13-21-17(24)9-14-22-18(20-2)23-15-8-12-19(16-23)10-6-4-5-7-11-19;/h3-16H2,1-2H3,(H,20,22)(H,21,24);1H. The third-order valence-corrected chi connectivity index (χ3v) is 5.54. The first-order chi connectivity index (χ1) is 11.7. The zero-order chi connectivity index (χ0) is 17.3. The molecule has 1 saturated carbocycles. The molecule has 1 spiro atoms. The number of hydrogen-bond acceptors (Lipinski definition) is 2. The maximum atomic E-state index is 11.7. The largest absolute Gasteiger partial charge is 0.356 e. The monoisotopic (exact) mass is 464 g/mol. The van der Waals surface area contributed by atoms with Gasteiger partial charge >= 0.3 is 0 Å². The average Bonchev–Trinajstić information content (AvgIpc) is 2.82. The first-order valence-corrected chi connectivity index (χ1v) is 9.91. The van der Waals surface area contributed by atoms with Crippen molar-refractivity contribution in [2.75, 3.05) is 33.2 Å².